The summed E-state index contributed by atoms with van der Waals surface area (Å²) in [5.41, 5.74) is 10.3. The van der Waals surface area contributed by atoms with Crippen LogP contribution in [-0.2, 0) is 9.59 Å². The fourth-order valence-electron chi connectivity index (χ4n) is 1.04. The molecule has 0 spiro atoms. The summed E-state index contributed by atoms with van der Waals surface area (Å²) in [4.78, 5) is 21.3. The molecule has 0 aromatic heterocycles. The molecule has 0 aliphatic rings. The second kappa shape index (κ2) is 10.3. The zero-order valence-electron chi connectivity index (χ0n) is 9.29. The minimum absolute atomic E-state index is 0.0540. The van der Waals surface area contributed by atoms with Crippen LogP contribution in [0.2, 0.25) is 0 Å². The van der Waals surface area contributed by atoms with Gasteiger partial charge in [0.15, 0.2) is 0 Å². The van der Waals surface area contributed by atoms with Gasteiger partial charge in [-0.25, -0.2) is 10.9 Å². The maximum absolute atomic E-state index is 11.2. The molecule has 0 aliphatic heterocycles. The van der Waals surface area contributed by atoms with Crippen molar-refractivity contribution in [3.63, 3.8) is 0 Å². The lowest BCUT2D eigenvalue weighted by Gasteiger charge is -2.06. The Labute approximate surface area is 94.7 Å². The van der Waals surface area contributed by atoms with Crippen LogP contribution in [0.5, 0.6) is 0 Å². The predicted molar refractivity (Wildman–Crippen MR) is 59.3 cm³/mol. The maximum Gasteiger partial charge on any atom is 0.318 e. The Morgan fingerprint density at radius 3 is 2.50 bits per heavy atom. The van der Waals surface area contributed by atoms with Crippen molar-refractivity contribution in [2.24, 2.45) is 5.73 Å². The van der Waals surface area contributed by atoms with Crippen molar-refractivity contribution in [2.45, 2.75) is 25.7 Å². The van der Waals surface area contributed by atoms with E-state index in [2.05, 4.69) is 16.2 Å². The first-order chi connectivity index (χ1) is 7.66. The van der Waals surface area contributed by atoms with E-state index < -0.39 is 5.97 Å². The Morgan fingerprint density at radius 2 is 1.88 bits per heavy atom. The monoisotopic (exact) mass is 232 g/mol. The summed E-state index contributed by atoms with van der Waals surface area (Å²) in [6.07, 6.45) is 3.19. The van der Waals surface area contributed by atoms with Crippen LogP contribution in [0.4, 0.5) is 0 Å². The van der Waals surface area contributed by atoms with Gasteiger partial charge in [-0.15, -0.1) is 0 Å². The highest BCUT2D eigenvalue weighted by Gasteiger charge is 1.99. The number of hydrogen-bond donors (Lipinski definition) is 5. The standard InChI is InChI=1S/C9H20N4O3/c10-5-3-1-2-4-8(14)11-7-13-12-6-9(15)16/h12-13H,1-7,10H2,(H,11,14)(H,15,16). The summed E-state index contributed by atoms with van der Waals surface area (Å²) in [7, 11) is 0. The Kier molecular flexibility index (Phi) is 9.58. The molecule has 0 radical (unpaired) electrons. The van der Waals surface area contributed by atoms with Crippen LogP contribution < -0.4 is 21.9 Å². The highest BCUT2D eigenvalue weighted by molar-refractivity contribution is 5.75. The predicted octanol–water partition coefficient (Wildman–Crippen LogP) is -1.24. The molecule has 0 aromatic carbocycles. The first-order valence-electron chi connectivity index (χ1n) is 5.31. The van der Waals surface area contributed by atoms with E-state index in [-0.39, 0.29) is 19.1 Å². The molecule has 7 heteroatoms. The van der Waals surface area contributed by atoms with Crippen LogP contribution in [0.25, 0.3) is 0 Å². The lowest BCUT2D eigenvalue weighted by atomic mass is 10.2. The molecule has 0 heterocycles. The van der Waals surface area contributed by atoms with Crippen LogP contribution in [0, 0.1) is 0 Å². The van der Waals surface area contributed by atoms with Gasteiger partial charge in [-0.1, -0.05) is 6.42 Å². The van der Waals surface area contributed by atoms with Gasteiger partial charge in [0, 0.05) is 6.42 Å². The number of rotatable bonds is 10. The van der Waals surface area contributed by atoms with E-state index in [0.29, 0.717) is 13.0 Å². The topological polar surface area (TPSA) is 116 Å². The second-order valence-electron chi connectivity index (χ2n) is 3.30. The number of carbonyl (C=O) groups is 2. The average Bonchev–Trinajstić information content (AvgIpc) is 2.23. The number of nitrogens with two attached hydrogens (primary N) is 1. The highest BCUT2D eigenvalue weighted by Crippen LogP contribution is 1.97. The molecule has 1 amide bonds. The van der Waals surface area contributed by atoms with Crippen LogP contribution in [0.3, 0.4) is 0 Å². The smallest absolute Gasteiger partial charge is 0.318 e. The summed E-state index contributed by atoms with van der Waals surface area (Å²) in [6, 6.07) is 0. The van der Waals surface area contributed by atoms with Crippen LogP contribution >= 0.6 is 0 Å². The van der Waals surface area contributed by atoms with Crippen LogP contribution in [0.1, 0.15) is 25.7 Å². The fourth-order valence-corrected chi connectivity index (χ4v) is 1.04. The zero-order valence-corrected chi connectivity index (χ0v) is 9.29. The maximum atomic E-state index is 11.2. The number of carbonyl (C=O) groups excluding carboxylic acids is 1. The number of hydrogen-bond acceptors (Lipinski definition) is 5. The van der Waals surface area contributed by atoms with Crippen molar-refractivity contribution in [1.29, 1.82) is 0 Å². The summed E-state index contributed by atoms with van der Waals surface area (Å²) in [5, 5.41) is 10.9. The molecule has 0 rings (SSSR count). The van der Waals surface area contributed by atoms with Crippen molar-refractivity contribution in [2.75, 3.05) is 19.8 Å². The number of unbranched alkanes of at least 4 members (excludes halogenated alkanes) is 2. The van der Waals surface area contributed by atoms with Crippen LogP contribution in [-0.4, -0.2) is 36.7 Å². The third-order valence-electron chi connectivity index (χ3n) is 1.85. The lowest BCUT2D eigenvalue weighted by molar-refractivity contribution is -0.136. The van der Waals surface area contributed by atoms with Gasteiger partial charge in [0.1, 0.15) is 6.54 Å². The molecule has 16 heavy (non-hydrogen) atoms. The summed E-state index contributed by atoms with van der Waals surface area (Å²) < 4.78 is 0. The molecule has 7 nitrogen and oxygen atoms in total. The zero-order chi connectivity index (χ0) is 12.2. The van der Waals surface area contributed by atoms with Gasteiger partial charge >= 0.3 is 5.97 Å². The Balaban J connectivity index is 3.20. The fraction of sp³-hybridized carbons (Fsp3) is 0.778. The van der Waals surface area contributed by atoms with E-state index in [4.69, 9.17) is 10.8 Å². The quantitative estimate of drug-likeness (QED) is 0.183. The Morgan fingerprint density at radius 1 is 1.12 bits per heavy atom. The van der Waals surface area contributed by atoms with E-state index in [0.717, 1.165) is 19.3 Å². The van der Waals surface area contributed by atoms with E-state index in [9.17, 15) is 9.59 Å². The molecule has 0 atom stereocenters. The molecule has 0 saturated carbocycles. The van der Waals surface area contributed by atoms with Crippen LogP contribution in [0.15, 0.2) is 0 Å². The van der Waals surface area contributed by atoms with Crippen molar-refractivity contribution in [3.8, 4) is 0 Å². The Bertz CT molecular complexity index is 211. The van der Waals surface area contributed by atoms with E-state index >= 15 is 0 Å². The van der Waals surface area contributed by atoms with Gasteiger partial charge in [0.25, 0.3) is 0 Å². The molecule has 0 aliphatic carbocycles. The third kappa shape index (κ3) is 10.9. The van der Waals surface area contributed by atoms with Gasteiger partial charge < -0.3 is 16.2 Å². The molecular formula is C9H20N4O3. The molecule has 0 aromatic rings. The minimum Gasteiger partial charge on any atom is -0.480 e. The van der Waals surface area contributed by atoms with Gasteiger partial charge in [-0.3, -0.25) is 9.59 Å². The minimum atomic E-state index is -0.958. The number of carboxylic acid groups (broad SMARTS) is 1. The van der Waals surface area contributed by atoms with Crippen molar-refractivity contribution < 1.29 is 14.7 Å². The summed E-state index contributed by atoms with van der Waals surface area (Å²) >= 11 is 0. The SMILES string of the molecule is NCCCCCC(=O)NCNNCC(=O)O. The van der Waals surface area contributed by atoms with Gasteiger partial charge in [0.05, 0.1) is 6.67 Å². The van der Waals surface area contributed by atoms with E-state index in [1.165, 1.54) is 0 Å². The molecule has 94 valence electrons. The van der Waals surface area contributed by atoms with Gasteiger partial charge in [0.2, 0.25) is 5.91 Å². The number of aliphatic carboxylic acids is 1. The molecular weight excluding hydrogens is 212 g/mol. The third-order valence-corrected chi connectivity index (χ3v) is 1.85. The summed E-state index contributed by atoms with van der Waals surface area (Å²) in [6.45, 7) is 0.678. The largest absolute Gasteiger partial charge is 0.480 e. The van der Waals surface area contributed by atoms with Crippen molar-refractivity contribution in [3.05, 3.63) is 0 Å². The normalized spacial score (nSPS) is 10.1. The van der Waals surface area contributed by atoms with Crippen molar-refractivity contribution in [1.82, 2.24) is 16.2 Å². The van der Waals surface area contributed by atoms with Gasteiger partial charge in [-0.05, 0) is 19.4 Å². The lowest BCUT2D eigenvalue weighted by Crippen LogP contribution is -2.43. The van der Waals surface area contributed by atoms with Crippen molar-refractivity contribution >= 4 is 11.9 Å². The number of carboxylic acids is 1. The number of nitrogens with one attached hydrogen (secondary N) is 3. The highest BCUT2D eigenvalue weighted by atomic mass is 16.4. The molecule has 0 fully saturated rings. The molecule has 0 bridgehead atoms. The first kappa shape index (κ1) is 14.8. The van der Waals surface area contributed by atoms with Gasteiger partial charge in [-0.2, -0.15) is 0 Å². The Hall–Kier alpha value is -1.18. The molecule has 6 N–H and O–H groups in total. The molecule has 0 saturated heterocycles. The van der Waals surface area contributed by atoms with E-state index in [1.54, 1.807) is 0 Å². The summed E-state index contributed by atoms with van der Waals surface area (Å²) in [5.74, 6) is -1.01. The average molecular weight is 232 g/mol. The second-order valence-corrected chi connectivity index (χ2v) is 3.30. The first-order valence-corrected chi connectivity index (χ1v) is 5.31. The van der Waals surface area contributed by atoms with E-state index in [1.807, 2.05) is 0 Å². The molecule has 0 unspecified atom stereocenters. The number of hydrazine groups is 1. The number of amides is 1.